The number of hydroxylamine groups is 1. The molecule has 0 saturated carbocycles. The number of carbonyl (C=O) groups excluding carboxylic acids is 1. The van der Waals surface area contributed by atoms with E-state index in [9.17, 15) is 4.79 Å². The van der Waals surface area contributed by atoms with E-state index in [1.807, 2.05) is 83.9 Å². The van der Waals surface area contributed by atoms with E-state index in [1.54, 1.807) is 16.7 Å². The van der Waals surface area contributed by atoms with Crippen LogP contribution >= 0.6 is 24.0 Å². The van der Waals surface area contributed by atoms with Crippen molar-refractivity contribution >= 4 is 39.9 Å². The van der Waals surface area contributed by atoms with Crippen LogP contribution in [0.4, 0.5) is 5.69 Å². The molecule has 3 aromatic rings. The Kier molecular flexibility index (Phi) is 5.76. The van der Waals surface area contributed by atoms with Gasteiger partial charge in [-0.15, -0.1) is 0 Å². The van der Waals surface area contributed by atoms with E-state index in [2.05, 4.69) is 12.1 Å². The van der Waals surface area contributed by atoms with Crippen molar-refractivity contribution in [1.29, 1.82) is 0 Å². The standard InChI is InChI=1S/C25H22N2O2S2/c28-24(26-16-17-31-25(26)30)21-22(18-10-4-1-5-11-18)27(20-14-8-3-9-15-20)29-23(21)19-12-6-2-7-13-19/h1-15,21-23H,16-17H2/t21-,22-,23+/m1/s1. The number of amides is 1. The molecular formula is C25H22N2O2S2. The third-order valence-corrected chi connectivity index (χ3v) is 7.17. The quantitative estimate of drug-likeness (QED) is 0.501. The molecule has 2 saturated heterocycles. The number of hydrogen-bond donors (Lipinski definition) is 0. The van der Waals surface area contributed by atoms with E-state index in [-0.39, 0.29) is 11.9 Å². The second-order valence-corrected chi connectivity index (χ2v) is 9.31. The summed E-state index contributed by atoms with van der Waals surface area (Å²) in [6.07, 6.45) is -0.410. The van der Waals surface area contributed by atoms with Crippen LogP contribution in [0.3, 0.4) is 0 Å². The van der Waals surface area contributed by atoms with Gasteiger partial charge in [-0.25, -0.2) is 5.06 Å². The summed E-state index contributed by atoms with van der Waals surface area (Å²) in [7, 11) is 0. The van der Waals surface area contributed by atoms with Crippen LogP contribution in [0.25, 0.3) is 0 Å². The molecule has 6 heteroatoms. The Labute approximate surface area is 191 Å². The minimum atomic E-state index is -0.429. The molecule has 0 unspecified atom stereocenters. The third kappa shape index (κ3) is 3.87. The number of hydrogen-bond acceptors (Lipinski definition) is 5. The minimum absolute atomic E-state index is 0.0242. The zero-order valence-corrected chi connectivity index (χ0v) is 18.5. The predicted molar refractivity (Wildman–Crippen MR) is 129 cm³/mol. The number of para-hydroxylation sites is 1. The van der Waals surface area contributed by atoms with Gasteiger partial charge < -0.3 is 0 Å². The summed E-state index contributed by atoms with van der Waals surface area (Å²) in [5, 5.41) is 1.90. The molecule has 3 atom stereocenters. The van der Waals surface area contributed by atoms with Gasteiger partial charge in [0.25, 0.3) is 0 Å². The third-order valence-electron chi connectivity index (χ3n) is 5.74. The molecule has 0 aliphatic carbocycles. The highest BCUT2D eigenvalue weighted by atomic mass is 32.2. The largest absolute Gasteiger partial charge is 0.296 e. The lowest BCUT2D eigenvalue weighted by Crippen LogP contribution is -2.40. The topological polar surface area (TPSA) is 32.8 Å². The summed E-state index contributed by atoms with van der Waals surface area (Å²) in [5.74, 6) is 0.435. The molecule has 4 nitrogen and oxygen atoms in total. The second kappa shape index (κ2) is 8.83. The van der Waals surface area contributed by atoms with Crippen LogP contribution in [0.1, 0.15) is 23.3 Å². The molecule has 0 N–H and O–H groups in total. The molecule has 1 amide bonds. The van der Waals surface area contributed by atoms with Crippen LogP contribution in [0.2, 0.25) is 0 Å². The molecule has 2 aliphatic heterocycles. The molecule has 5 rings (SSSR count). The van der Waals surface area contributed by atoms with Gasteiger partial charge >= 0.3 is 0 Å². The molecule has 0 aromatic heterocycles. The van der Waals surface area contributed by atoms with Gasteiger partial charge in [0.2, 0.25) is 5.91 Å². The molecule has 2 aliphatic rings. The molecule has 0 bridgehead atoms. The van der Waals surface area contributed by atoms with Gasteiger partial charge in [-0.2, -0.15) is 0 Å². The van der Waals surface area contributed by atoms with Crippen molar-refractivity contribution in [2.45, 2.75) is 12.1 Å². The van der Waals surface area contributed by atoms with Crippen molar-refractivity contribution in [2.75, 3.05) is 17.4 Å². The van der Waals surface area contributed by atoms with Crippen LogP contribution < -0.4 is 5.06 Å². The summed E-state index contributed by atoms with van der Waals surface area (Å²) in [5.41, 5.74) is 2.95. The van der Waals surface area contributed by atoms with E-state index in [1.165, 1.54) is 0 Å². The first kappa shape index (κ1) is 20.2. The Bertz CT molecular complexity index is 1060. The first-order valence-electron chi connectivity index (χ1n) is 10.3. The average Bonchev–Trinajstić information content (AvgIpc) is 3.44. The van der Waals surface area contributed by atoms with Crippen LogP contribution in [0.5, 0.6) is 0 Å². The molecule has 31 heavy (non-hydrogen) atoms. The Balaban J connectivity index is 1.64. The Morgan fingerprint density at radius 1 is 0.871 bits per heavy atom. The Morgan fingerprint density at radius 3 is 2.03 bits per heavy atom. The fourth-order valence-electron chi connectivity index (χ4n) is 4.30. The maximum atomic E-state index is 13.9. The molecular weight excluding hydrogens is 424 g/mol. The number of anilines is 1. The van der Waals surface area contributed by atoms with Crippen LogP contribution in [-0.4, -0.2) is 27.4 Å². The SMILES string of the molecule is O=C([C@@H]1[C@@H](c2ccccc2)N(c2ccccc2)O[C@H]1c1ccccc1)N1CCSC1=S. The van der Waals surface area contributed by atoms with Gasteiger partial charge in [-0.05, 0) is 23.3 Å². The number of rotatable bonds is 4. The summed E-state index contributed by atoms with van der Waals surface area (Å²) in [6.45, 7) is 0.646. The molecule has 3 aromatic carbocycles. The number of thiocarbonyl (C=S) groups is 1. The maximum Gasteiger partial charge on any atom is 0.236 e. The van der Waals surface area contributed by atoms with Gasteiger partial charge in [-0.1, -0.05) is 103 Å². The van der Waals surface area contributed by atoms with Crippen LogP contribution in [0, 0.1) is 5.92 Å². The maximum absolute atomic E-state index is 13.9. The highest BCUT2D eigenvalue weighted by Gasteiger charge is 2.51. The molecule has 2 heterocycles. The van der Waals surface area contributed by atoms with E-state index < -0.39 is 12.0 Å². The van der Waals surface area contributed by atoms with Crippen molar-refractivity contribution in [3.8, 4) is 0 Å². The number of carbonyl (C=O) groups is 1. The van der Waals surface area contributed by atoms with E-state index in [0.29, 0.717) is 10.9 Å². The minimum Gasteiger partial charge on any atom is -0.296 e. The number of thioether (sulfide) groups is 1. The highest BCUT2D eigenvalue weighted by molar-refractivity contribution is 8.23. The lowest BCUT2D eigenvalue weighted by Gasteiger charge is -2.29. The monoisotopic (exact) mass is 446 g/mol. The van der Waals surface area contributed by atoms with Gasteiger partial charge in [0.05, 0.1) is 17.6 Å². The molecule has 156 valence electrons. The predicted octanol–water partition coefficient (Wildman–Crippen LogP) is 5.40. The lowest BCUT2D eigenvalue weighted by molar-refractivity contribution is -0.133. The van der Waals surface area contributed by atoms with E-state index >= 15 is 0 Å². The highest BCUT2D eigenvalue weighted by Crippen LogP contribution is 2.49. The van der Waals surface area contributed by atoms with E-state index in [0.717, 1.165) is 22.6 Å². The zero-order valence-electron chi connectivity index (χ0n) is 16.8. The fourth-order valence-corrected chi connectivity index (χ4v) is 5.52. The summed E-state index contributed by atoms with van der Waals surface area (Å²) in [4.78, 5) is 22.2. The summed E-state index contributed by atoms with van der Waals surface area (Å²) in [6, 6.07) is 29.8. The fraction of sp³-hybridized carbons (Fsp3) is 0.200. The Morgan fingerprint density at radius 2 is 1.45 bits per heavy atom. The van der Waals surface area contributed by atoms with Gasteiger partial charge in [0, 0.05) is 12.3 Å². The summed E-state index contributed by atoms with van der Waals surface area (Å²) < 4.78 is 0.654. The lowest BCUT2D eigenvalue weighted by atomic mass is 9.85. The average molecular weight is 447 g/mol. The van der Waals surface area contributed by atoms with Crippen molar-refractivity contribution in [3.05, 3.63) is 102 Å². The van der Waals surface area contributed by atoms with Crippen LogP contribution in [0.15, 0.2) is 91.0 Å². The normalized spacial score (nSPS) is 23.4. The van der Waals surface area contributed by atoms with Gasteiger partial charge in [0.1, 0.15) is 10.4 Å². The van der Waals surface area contributed by atoms with Crippen LogP contribution in [-0.2, 0) is 9.63 Å². The molecule has 2 fully saturated rings. The van der Waals surface area contributed by atoms with Crippen molar-refractivity contribution in [2.24, 2.45) is 5.92 Å². The molecule has 0 spiro atoms. The second-order valence-electron chi connectivity index (χ2n) is 7.58. The molecule has 0 radical (unpaired) electrons. The number of nitrogens with zero attached hydrogens (tertiary/aromatic N) is 2. The van der Waals surface area contributed by atoms with E-state index in [4.69, 9.17) is 17.1 Å². The van der Waals surface area contributed by atoms with Gasteiger partial charge in [-0.3, -0.25) is 14.5 Å². The summed E-state index contributed by atoms with van der Waals surface area (Å²) >= 11 is 7.07. The Hall–Kier alpha value is -2.67. The van der Waals surface area contributed by atoms with Crippen molar-refractivity contribution in [1.82, 2.24) is 4.90 Å². The number of benzene rings is 3. The van der Waals surface area contributed by atoms with Crippen molar-refractivity contribution in [3.63, 3.8) is 0 Å². The first-order chi connectivity index (χ1) is 15.2. The zero-order chi connectivity index (χ0) is 21.2. The smallest absolute Gasteiger partial charge is 0.236 e. The van der Waals surface area contributed by atoms with Gasteiger partial charge in [0.15, 0.2) is 0 Å². The van der Waals surface area contributed by atoms with Crippen molar-refractivity contribution < 1.29 is 9.63 Å². The first-order valence-corrected chi connectivity index (χ1v) is 11.7.